The SMILES string of the molecule is CCOc1cc(C(=O)NNC(=O)c2ccc(OC)c3ccccc23)cc(OCC)c1OCC. The first kappa shape index (κ1) is 23.7. The Morgan fingerprint density at radius 2 is 1.30 bits per heavy atom. The molecule has 0 fully saturated rings. The fraction of sp³-hybridized carbons (Fsp3) is 0.280. The molecule has 3 aromatic carbocycles. The molecular formula is C25H28N2O6. The maximum Gasteiger partial charge on any atom is 0.270 e. The molecule has 0 bridgehead atoms. The van der Waals surface area contributed by atoms with Crippen molar-refractivity contribution in [1.29, 1.82) is 0 Å². The number of methoxy groups -OCH3 is 1. The number of hydrogen-bond donors (Lipinski definition) is 2. The van der Waals surface area contributed by atoms with Crippen molar-refractivity contribution in [2.24, 2.45) is 0 Å². The molecule has 8 nitrogen and oxygen atoms in total. The molecule has 0 aromatic heterocycles. The molecule has 0 saturated heterocycles. The lowest BCUT2D eigenvalue weighted by Crippen LogP contribution is -2.41. The number of rotatable bonds is 9. The van der Waals surface area contributed by atoms with Crippen LogP contribution in [0.1, 0.15) is 41.5 Å². The molecule has 3 rings (SSSR count). The van der Waals surface area contributed by atoms with E-state index in [4.69, 9.17) is 18.9 Å². The van der Waals surface area contributed by atoms with E-state index in [1.807, 2.05) is 45.0 Å². The van der Waals surface area contributed by atoms with Crippen molar-refractivity contribution in [3.8, 4) is 23.0 Å². The lowest BCUT2D eigenvalue weighted by Gasteiger charge is -2.17. The molecule has 8 heteroatoms. The van der Waals surface area contributed by atoms with Gasteiger partial charge in [0.05, 0.1) is 26.9 Å². The highest BCUT2D eigenvalue weighted by Gasteiger charge is 2.19. The van der Waals surface area contributed by atoms with Crippen molar-refractivity contribution in [2.45, 2.75) is 20.8 Å². The molecule has 0 atom stereocenters. The average molecular weight is 453 g/mol. The molecule has 0 unspecified atom stereocenters. The normalized spacial score (nSPS) is 10.4. The van der Waals surface area contributed by atoms with E-state index in [0.717, 1.165) is 5.39 Å². The summed E-state index contributed by atoms with van der Waals surface area (Å²) in [6, 6.07) is 13.9. The van der Waals surface area contributed by atoms with Crippen LogP contribution >= 0.6 is 0 Å². The highest BCUT2D eigenvalue weighted by Crippen LogP contribution is 2.39. The Kier molecular flexibility index (Phi) is 7.96. The summed E-state index contributed by atoms with van der Waals surface area (Å²) < 4.78 is 22.3. The van der Waals surface area contributed by atoms with Gasteiger partial charge in [-0.1, -0.05) is 24.3 Å². The average Bonchev–Trinajstić information content (AvgIpc) is 2.83. The smallest absolute Gasteiger partial charge is 0.270 e. The van der Waals surface area contributed by atoms with Crippen LogP contribution in [0.25, 0.3) is 10.8 Å². The zero-order chi connectivity index (χ0) is 23.8. The second-order valence-corrected chi connectivity index (χ2v) is 6.87. The molecule has 0 aliphatic carbocycles. The summed E-state index contributed by atoms with van der Waals surface area (Å²) >= 11 is 0. The van der Waals surface area contributed by atoms with Gasteiger partial charge in [0.15, 0.2) is 11.5 Å². The van der Waals surface area contributed by atoms with Crippen LogP contribution in [0.2, 0.25) is 0 Å². The van der Waals surface area contributed by atoms with Gasteiger partial charge in [-0.05, 0) is 50.4 Å². The molecule has 174 valence electrons. The van der Waals surface area contributed by atoms with Crippen molar-refractivity contribution in [1.82, 2.24) is 10.9 Å². The minimum atomic E-state index is -0.522. The Hall–Kier alpha value is -3.94. The van der Waals surface area contributed by atoms with Crippen LogP contribution < -0.4 is 29.8 Å². The zero-order valence-electron chi connectivity index (χ0n) is 19.2. The van der Waals surface area contributed by atoms with Crippen LogP contribution in [0.5, 0.6) is 23.0 Å². The lowest BCUT2D eigenvalue weighted by atomic mass is 10.0. The van der Waals surface area contributed by atoms with Gasteiger partial charge < -0.3 is 18.9 Å². The molecule has 2 amide bonds. The quantitative estimate of drug-likeness (QED) is 0.474. The van der Waals surface area contributed by atoms with Gasteiger partial charge in [0.1, 0.15) is 5.75 Å². The maximum absolute atomic E-state index is 12.8. The third-order valence-electron chi connectivity index (χ3n) is 4.81. The van der Waals surface area contributed by atoms with Gasteiger partial charge in [0.2, 0.25) is 5.75 Å². The summed E-state index contributed by atoms with van der Waals surface area (Å²) in [6.07, 6.45) is 0. The summed E-state index contributed by atoms with van der Waals surface area (Å²) in [7, 11) is 1.57. The molecule has 0 radical (unpaired) electrons. The van der Waals surface area contributed by atoms with Crippen LogP contribution in [-0.2, 0) is 0 Å². The predicted octanol–water partition coefficient (Wildman–Crippen LogP) is 4.12. The fourth-order valence-electron chi connectivity index (χ4n) is 3.42. The molecule has 2 N–H and O–H groups in total. The molecular weight excluding hydrogens is 424 g/mol. The molecule has 0 saturated carbocycles. The van der Waals surface area contributed by atoms with Crippen LogP contribution in [0, 0.1) is 0 Å². The van der Waals surface area contributed by atoms with E-state index < -0.39 is 11.8 Å². The molecule has 3 aromatic rings. The predicted molar refractivity (Wildman–Crippen MR) is 125 cm³/mol. The van der Waals surface area contributed by atoms with E-state index in [1.54, 1.807) is 31.4 Å². The molecule has 0 spiro atoms. The Morgan fingerprint density at radius 3 is 1.88 bits per heavy atom. The summed E-state index contributed by atoms with van der Waals surface area (Å²) in [5, 5.41) is 1.51. The van der Waals surface area contributed by atoms with E-state index in [-0.39, 0.29) is 5.56 Å². The van der Waals surface area contributed by atoms with Gasteiger partial charge in [-0.25, -0.2) is 0 Å². The monoisotopic (exact) mass is 452 g/mol. The van der Waals surface area contributed by atoms with Crippen LogP contribution in [-0.4, -0.2) is 38.7 Å². The molecule has 0 heterocycles. The minimum Gasteiger partial charge on any atom is -0.496 e. The number of ether oxygens (including phenoxy) is 4. The van der Waals surface area contributed by atoms with E-state index in [0.29, 0.717) is 53.8 Å². The van der Waals surface area contributed by atoms with Crippen LogP contribution in [0.4, 0.5) is 0 Å². The number of amides is 2. The number of carbonyl (C=O) groups is 2. The number of hydrogen-bond acceptors (Lipinski definition) is 6. The summed E-state index contributed by atoms with van der Waals surface area (Å²) in [5.74, 6) is 0.902. The Bertz CT molecular complexity index is 1120. The standard InChI is InChI=1S/C25H28N2O6/c1-5-31-21-14-16(15-22(32-6-2)23(21)33-7-3)24(28)26-27-25(29)19-12-13-20(30-4)18-11-9-8-10-17(18)19/h8-15H,5-7H2,1-4H3,(H,26,28)(H,27,29). The summed E-state index contributed by atoms with van der Waals surface area (Å²) in [5.41, 5.74) is 5.60. The van der Waals surface area contributed by atoms with Crippen molar-refractivity contribution < 1.29 is 28.5 Å². The minimum absolute atomic E-state index is 0.255. The Balaban J connectivity index is 1.83. The van der Waals surface area contributed by atoms with E-state index in [9.17, 15) is 9.59 Å². The van der Waals surface area contributed by atoms with Crippen LogP contribution in [0.3, 0.4) is 0 Å². The number of carbonyl (C=O) groups excluding carboxylic acids is 2. The van der Waals surface area contributed by atoms with Gasteiger partial charge >= 0.3 is 0 Å². The van der Waals surface area contributed by atoms with Crippen molar-refractivity contribution >= 4 is 22.6 Å². The summed E-state index contributed by atoms with van der Waals surface area (Å²) in [4.78, 5) is 25.7. The molecule has 33 heavy (non-hydrogen) atoms. The highest BCUT2D eigenvalue weighted by molar-refractivity contribution is 6.09. The largest absolute Gasteiger partial charge is 0.496 e. The molecule has 0 aliphatic heterocycles. The third kappa shape index (κ3) is 5.28. The van der Waals surface area contributed by atoms with E-state index >= 15 is 0 Å². The van der Waals surface area contributed by atoms with Crippen molar-refractivity contribution in [2.75, 3.05) is 26.9 Å². The van der Waals surface area contributed by atoms with Gasteiger partial charge in [0.25, 0.3) is 11.8 Å². The lowest BCUT2D eigenvalue weighted by molar-refractivity contribution is 0.0847. The van der Waals surface area contributed by atoms with Gasteiger partial charge in [-0.15, -0.1) is 0 Å². The topological polar surface area (TPSA) is 95.1 Å². The second-order valence-electron chi connectivity index (χ2n) is 6.87. The van der Waals surface area contributed by atoms with Gasteiger partial charge in [-0.2, -0.15) is 0 Å². The molecule has 0 aliphatic rings. The highest BCUT2D eigenvalue weighted by atomic mass is 16.5. The van der Waals surface area contributed by atoms with E-state index in [2.05, 4.69) is 10.9 Å². The van der Waals surface area contributed by atoms with Crippen LogP contribution in [0.15, 0.2) is 48.5 Å². The second kappa shape index (κ2) is 11.1. The van der Waals surface area contributed by atoms with Crippen molar-refractivity contribution in [3.05, 3.63) is 59.7 Å². The third-order valence-corrected chi connectivity index (χ3v) is 4.81. The maximum atomic E-state index is 12.8. The van der Waals surface area contributed by atoms with Gasteiger partial charge in [-0.3, -0.25) is 20.4 Å². The Morgan fingerprint density at radius 1 is 0.727 bits per heavy atom. The Labute approximate surface area is 192 Å². The number of benzene rings is 3. The zero-order valence-corrected chi connectivity index (χ0v) is 19.2. The number of hydrazine groups is 1. The first-order valence-electron chi connectivity index (χ1n) is 10.8. The van der Waals surface area contributed by atoms with Crippen molar-refractivity contribution in [3.63, 3.8) is 0 Å². The number of nitrogens with one attached hydrogen (secondary N) is 2. The first-order chi connectivity index (χ1) is 16.0. The van der Waals surface area contributed by atoms with Gasteiger partial charge in [0, 0.05) is 16.5 Å². The fourth-order valence-corrected chi connectivity index (χ4v) is 3.42. The summed E-state index contributed by atoms with van der Waals surface area (Å²) in [6.45, 7) is 6.71. The number of fused-ring (bicyclic) bond motifs is 1. The van der Waals surface area contributed by atoms with E-state index in [1.165, 1.54) is 0 Å². The first-order valence-corrected chi connectivity index (χ1v) is 10.8.